The number of nitrogens with zero attached hydrogens (tertiary/aromatic N) is 1. The van der Waals surface area contributed by atoms with Gasteiger partial charge < -0.3 is 9.47 Å². The first-order chi connectivity index (χ1) is 14.8. The number of ether oxygens (including phenoxy) is 2. The molecule has 0 spiro atoms. The summed E-state index contributed by atoms with van der Waals surface area (Å²) in [4.78, 5) is 37.6. The van der Waals surface area contributed by atoms with Crippen LogP contribution < -0.4 is 14.8 Å². The summed E-state index contributed by atoms with van der Waals surface area (Å²) in [5.74, 6) is -0.475. The number of nitrogens with one attached hydrogen (secondary N) is 1. The van der Waals surface area contributed by atoms with E-state index in [1.165, 1.54) is 19.3 Å². The minimum Gasteiger partial charge on any atom is -0.493 e. The lowest BCUT2D eigenvalue weighted by Crippen LogP contribution is -2.54. The average Bonchev–Trinajstić information content (AvgIpc) is 2.74. The monoisotopic (exact) mass is 552 g/mol. The topological polar surface area (TPSA) is 84.9 Å². The molecule has 0 radical (unpaired) electrons. The molecule has 1 heterocycles. The summed E-state index contributed by atoms with van der Waals surface area (Å²) in [5.41, 5.74) is 1.32. The molecule has 0 aromatic heterocycles. The molecule has 0 atom stereocenters. The van der Waals surface area contributed by atoms with Crippen LogP contribution in [0.25, 0.3) is 6.08 Å². The van der Waals surface area contributed by atoms with Crippen molar-refractivity contribution < 1.29 is 23.9 Å². The maximum absolute atomic E-state index is 12.6. The molecule has 160 valence electrons. The van der Waals surface area contributed by atoms with Crippen LogP contribution in [0.3, 0.4) is 0 Å². The van der Waals surface area contributed by atoms with E-state index in [2.05, 4.69) is 34.5 Å². The number of barbiturate groups is 1. The highest BCUT2D eigenvalue weighted by molar-refractivity contribution is 14.1. The Hall–Kier alpha value is -2.85. The molecule has 3 rings (SSSR count). The van der Waals surface area contributed by atoms with E-state index in [0.717, 1.165) is 14.0 Å². The number of hydrogen-bond donors (Lipinski definition) is 1. The van der Waals surface area contributed by atoms with E-state index >= 15 is 0 Å². The predicted molar refractivity (Wildman–Crippen MR) is 125 cm³/mol. The van der Waals surface area contributed by atoms with Crippen molar-refractivity contribution in [2.45, 2.75) is 6.61 Å². The van der Waals surface area contributed by atoms with Crippen molar-refractivity contribution in [3.05, 3.63) is 74.3 Å². The Labute approximate surface area is 197 Å². The van der Waals surface area contributed by atoms with Gasteiger partial charge in [0.2, 0.25) is 0 Å². The molecule has 0 bridgehead atoms. The number of methoxy groups -OCH3 is 1. The van der Waals surface area contributed by atoms with Gasteiger partial charge in [0.05, 0.1) is 10.7 Å². The minimum atomic E-state index is -0.773. The normalized spacial score (nSPS) is 15.1. The number of hydrogen-bond acceptors (Lipinski definition) is 5. The van der Waals surface area contributed by atoms with Crippen molar-refractivity contribution in [1.82, 2.24) is 10.2 Å². The Kier molecular flexibility index (Phi) is 7.34. The van der Waals surface area contributed by atoms with Gasteiger partial charge in [0, 0.05) is 11.6 Å². The second-order valence-corrected chi connectivity index (χ2v) is 8.07. The molecule has 0 saturated carbocycles. The van der Waals surface area contributed by atoms with Crippen LogP contribution in [0.5, 0.6) is 11.5 Å². The third kappa shape index (κ3) is 5.26. The van der Waals surface area contributed by atoms with Crippen LogP contribution in [0.1, 0.15) is 11.1 Å². The lowest BCUT2D eigenvalue weighted by atomic mass is 10.1. The van der Waals surface area contributed by atoms with Crippen molar-refractivity contribution in [1.29, 1.82) is 0 Å². The first-order valence-corrected chi connectivity index (χ1v) is 10.5. The molecule has 31 heavy (non-hydrogen) atoms. The van der Waals surface area contributed by atoms with E-state index in [4.69, 9.17) is 21.1 Å². The van der Waals surface area contributed by atoms with E-state index in [0.29, 0.717) is 28.7 Å². The van der Waals surface area contributed by atoms with E-state index in [9.17, 15) is 14.4 Å². The van der Waals surface area contributed by atoms with Crippen LogP contribution >= 0.6 is 34.2 Å². The summed E-state index contributed by atoms with van der Waals surface area (Å²) in [6, 6.07) is 9.93. The third-order valence-electron chi connectivity index (χ3n) is 4.36. The van der Waals surface area contributed by atoms with Crippen molar-refractivity contribution >= 4 is 58.1 Å². The molecule has 7 nitrogen and oxygen atoms in total. The summed E-state index contributed by atoms with van der Waals surface area (Å²) >= 11 is 8.00. The molecule has 1 N–H and O–H groups in total. The van der Waals surface area contributed by atoms with E-state index in [1.54, 1.807) is 24.3 Å². The second kappa shape index (κ2) is 9.97. The van der Waals surface area contributed by atoms with Gasteiger partial charge in [-0.05, 0) is 64.1 Å². The molecular weight excluding hydrogens is 535 g/mol. The number of benzene rings is 2. The van der Waals surface area contributed by atoms with E-state index < -0.39 is 17.8 Å². The van der Waals surface area contributed by atoms with Crippen molar-refractivity contribution in [2.75, 3.05) is 13.7 Å². The number of rotatable bonds is 7. The molecule has 2 aromatic carbocycles. The second-order valence-electron chi connectivity index (χ2n) is 6.47. The molecule has 0 unspecified atom stereocenters. The quantitative estimate of drug-likeness (QED) is 0.241. The lowest BCUT2D eigenvalue weighted by molar-refractivity contribution is -0.129. The van der Waals surface area contributed by atoms with Gasteiger partial charge >= 0.3 is 6.03 Å². The van der Waals surface area contributed by atoms with Crippen molar-refractivity contribution in [3.63, 3.8) is 0 Å². The summed E-state index contributed by atoms with van der Waals surface area (Å²) in [5, 5.41) is 2.80. The zero-order valence-electron chi connectivity index (χ0n) is 16.5. The fraction of sp³-hybridized carbons (Fsp3) is 0.136. The lowest BCUT2D eigenvalue weighted by Gasteiger charge is -2.25. The standard InChI is InChI=1S/C22H18ClIN2O5/c1-3-8-26-21(28)16(20(27)25-22(26)29)9-14-10-17(24)19(18(11-14)30-2)31-12-13-4-6-15(23)7-5-13/h3-7,9-11H,1,8,12H2,2H3,(H,25,27,29). The Morgan fingerprint density at radius 2 is 1.90 bits per heavy atom. The maximum atomic E-state index is 12.6. The van der Waals surface area contributed by atoms with Gasteiger partial charge in [-0.1, -0.05) is 29.8 Å². The molecule has 2 aromatic rings. The van der Waals surface area contributed by atoms with Gasteiger partial charge in [0.25, 0.3) is 11.8 Å². The smallest absolute Gasteiger partial charge is 0.331 e. The number of urea groups is 1. The predicted octanol–water partition coefficient (Wildman–Crippen LogP) is 4.18. The highest BCUT2D eigenvalue weighted by Crippen LogP contribution is 2.35. The molecule has 9 heteroatoms. The highest BCUT2D eigenvalue weighted by atomic mass is 127. The Morgan fingerprint density at radius 1 is 1.19 bits per heavy atom. The highest BCUT2D eigenvalue weighted by Gasteiger charge is 2.35. The van der Waals surface area contributed by atoms with Crippen LogP contribution in [0, 0.1) is 3.57 Å². The van der Waals surface area contributed by atoms with Gasteiger partial charge in [-0.15, -0.1) is 6.58 Å². The van der Waals surface area contributed by atoms with Gasteiger partial charge in [0.1, 0.15) is 12.2 Å². The zero-order valence-corrected chi connectivity index (χ0v) is 19.4. The zero-order chi connectivity index (χ0) is 22.5. The SMILES string of the molecule is C=CCN1C(=O)NC(=O)C(=Cc2cc(I)c(OCc3ccc(Cl)cc3)c(OC)c2)C1=O. The Morgan fingerprint density at radius 3 is 2.55 bits per heavy atom. The third-order valence-corrected chi connectivity index (χ3v) is 5.41. The molecule has 1 saturated heterocycles. The van der Waals surface area contributed by atoms with Crippen LogP contribution in [-0.2, 0) is 16.2 Å². The number of amides is 4. The maximum Gasteiger partial charge on any atom is 0.331 e. The fourth-order valence-corrected chi connectivity index (χ4v) is 3.76. The largest absolute Gasteiger partial charge is 0.493 e. The number of halogens is 2. The number of carbonyl (C=O) groups is 3. The average molecular weight is 553 g/mol. The van der Waals surface area contributed by atoms with Gasteiger partial charge in [0.15, 0.2) is 11.5 Å². The minimum absolute atomic E-state index is 0.00633. The molecule has 1 aliphatic rings. The van der Waals surface area contributed by atoms with Crippen molar-refractivity contribution in [2.24, 2.45) is 0 Å². The first kappa shape index (κ1) is 22.8. The fourth-order valence-electron chi connectivity index (χ4n) is 2.85. The van der Waals surface area contributed by atoms with Crippen LogP contribution in [0.4, 0.5) is 4.79 Å². The van der Waals surface area contributed by atoms with E-state index in [1.807, 2.05) is 12.1 Å². The van der Waals surface area contributed by atoms with Crippen LogP contribution in [0.15, 0.2) is 54.6 Å². The van der Waals surface area contributed by atoms with Gasteiger partial charge in [-0.3, -0.25) is 19.8 Å². The summed E-state index contributed by atoms with van der Waals surface area (Å²) in [7, 11) is 1.50. The summed E-state index contributed by atoms with van der Waals surface area (Å²) in [6.07, 6.45) is 2.82. The summed E-state index contributed by atoms with van der Waals surface area (Å²) in [6.45, 7) is 3.83. The van der Waals surface area contributed by atoms with Gasteiger partial charge in [-0.25, -0.2) is 4.79 Å². The number of carbonyl (C=O) groups excluding carboxylic acids is 3. The molecule has 1 fully saturated rings. The molecular formula is C22H18ClIN2O5. The summed E-state index contributed by atoms with van der Waals surface area (Å²) < 4.78 is 12.1. The Balaban J connectivity index is 1.88. The van der Waals surface area contributed by atoms with Crippen LogP contribution in [0.2, 0.25) is 5.02 Å². The first-order valence-electron chi connectivity index (χ1n) is 9.08. The molecule has 1 aliphatic heterocycles. The van der Waals surface area contributed by atoms with Crippen LogP contribution in [-0.4, -0.2) is 36.4 Å². The molecule has 0 aliphatic carbocycles. The van der Waals surface area contributed by atoms with E-state index in [-0.39, 0.29) is 12.1 Å². The molecule has 4 amide bonds. The number of imide groups is 2. The Bertz CT molecular complexity index is 1080. The van der Waals surface area contributed by atoms with Crippen molar-refractivity contribution in [3.8, 4) is 11.5 Å². The van der Waals surface area contributed by atoms with Gasteiger partial charge in [-0.2, -0.15) is 0 Å².